The summed E-state index contributed by atoms with van der Waals surface area (Å²) in [6.07, 6.45) is 0.838. The number of carbonyl (C=O) groups excluding carboxylic acids is 2. The Labute approximate surface area is 273 Å². The molecule has 0 bridgehead atoms. The van der Waals surface area contributed by atoms with E-state index in [9.17, 15) is 18.0 Å². The number of carbonyl (C=O) groups is 2. The topological polar surface area (TPSA) is 115 Å². The van der Waals surface area contributed by atoms with E-state index in [1.807, 2.05) is 31.2 Å². The van der Waals surface area contributed by atoms with Crippen molar-refractivity contribution in [2.45, 2.75) is 82.6 Å². The number of halogens is 2. The lowest BCUT2D eigenvalue weighted by molar-refractivity contribution is -0.154. The lowest BCUT2D eigenvalue weighted by Gasteiger charge is -2.34. The van der Waals surface area contributed by atoms with Gasteiger partial charge in [0, 0.05) is 54.1 Å². The molecule has 1 aromatic heterocycles. The van der Waals surface area contributed by atoms with Crippen LogP contribution in [0, 0.1) is 6.92 Å². The van der Waals surface area contributed by atoms with Crippen LogP contribution in [0.3, 0.4) is 0 Å². The number of hydrogen-bond acceptors (Lipinski definition) is 8. The number of rotatable bonds is 7. The average molecular weight is 679 g/mol. The summed E-state index contributed by atoms with van der Waals surface area (Å²) in [6.45, 7) is 8.09. The van der Waals surface area contributed by atoms with Crippen LogP contribution in [0.5, 0.6) is 5.75 Å². The van der Waals surface area contributed by atoms with E-state index < -0.39 is 39.8 Å². The van der Waals surface area contributed by atoms with Crippen LogP contribution < -0.4 is 4.74 Å². The fourth-order valence-electron chi connectivity index (χ4n) is 5.51. The minimum absolute atomic E-state index is 0.0691. The number of hydrogen-bond donors (Lipinski definition) is 0. The van der Waals surface area contributed by atoms with Gasteiger partial charge in [-0.15, -0.1) is 0 Å². The van der Waals surface area contributed by atoms with Gasteiger partial charge in [-0.2, -0.15) is 4.31 Å². The maximum atomic E-state index is 13.9. The van der Waals surface area contributed by atoms with E-state index in [-0.39, 0.29) is 28.1 Å². The summed E-state index contributed by atoms with van der Waals surface area (Å²) in [5.74, 6) is -0.102. The van der Waals surface area contributed by atoms with Gasteiger partial charge in [-0.25, -0.2) is 18.2 Å². The van der Waals surface area contributed by atoms with Crippen molar-refractivity contribution in [1.29, 1.82) is 0 Å². The molecule has 2 aromatic carbocycles. The molecule has 2 aliphatic heterocycles. The van der Waals surface area contributed by atoms with E-state index in [4.69, 9.17) is 37.4 Å². The monoisotopic (exact) mass is 677 g/mol. The number of pyridine rings is 1. The first-order chi connectivity index (χ1) is 21.2. The highest BCUT2D eigenvalue weighted by atomic mass is 35.5. The summed E-state index contributed by atoms with van der Waals surface area (Å²) in [7, 11) is -4.20. The van der Waals surface area contributed by atoms with Crippen molar-refractivity contribution in [2.24, 2.45) is 0 Å². The van der Waals surface area contributed by atoms with E-state index in [0.29, 0.717) is 55.6 Å². The molecular weight excluding hydrogens is 641 g/mol. The number of fused-ring (bicyclic) bond motifs is 1. The Morgan fingerprint density at radius 1 is 1.00 bits per heavy atom. The Balaban J connectivity index is 1.28. The largest absolute Gasteiger partial charge is 0.487 e. The fourth-order valence-corrected chi connectivity index (χ4v) is 8.02. The quantitative estimate of drug-likeness (QED) is 0.260. The molecule has 3 aromatic rings. The Hall–Kier alpha value is -3.12. The molecule has 1 amide bonds. The number of aryl methyl sites for hydroxylation is 1. The summed E-state index contributed by atoms with van der Waals surface area (Å²) < 4.78 is 46.3. The zero-order valence-electron chi connectivity index (χ0n) is 25.7. The number of piperidine rings is 1. The molecule has 0 radical (unpaired) electrons. The second kappa shape index (κ2) is 13.3. The maximum Gasteiger partial charge on any atom is 0.410 e. The van der Waals surface area contributed by atoms with E-state index in [1.165, 1.54) is 12.1 Å². The Kier molecular flexibility index (Phi) is 9.84. The van der Waals surface area contributed by atoms with Crippen LogP contribution in [-0.4, -0.2) is 72.1 Å². The highest BCUT2D eigenvalue weighted by Crippen LogP contribution is 2.37. The third-order valence-electron chi connectivity index (χ3n) is 7.78. The molecule has 10 nitrogen and oxygen atoms in total. The van der Waals surface area contributed by atoms with Gasteiger partial charge < -0.3 is 19.1 Å². The van der Waals surface area contributed by atoms with Gasteiger partial charge >= 0.3 is 12.1 Å². The minimum Gasteiger partial charge on any atom is -0.487 e. The van der Waals surface area contributed by atoms with Gasteiger partial charge in [-0.05, 0) is 64.8 Å². The summed E-state index contributed by atoms with van der Waals surface area (Å²) in [4.78, 5) is 31.7. The van der Waals surface area contributed by atoms with E-state index in [0.717, 1.165) is 15.4 Å². The van der Waals surface area contributed by atoms with E-state index in [1.54, 1.807) is 31.7 Å². The van der Waals surface area contributed by atoms with Crippen molar-refractivity contribution in [3.63, 3.8) is 0 Å². The first kappa shape index (κ1) is 33.2. The molecule has 1 atom stereocenters. The molecule has 2 fully saturated rings. The lowest BCUT2D eigenvalue weighted by atomic mass is 10.1. The number of benzene rings is 2. The summed E-state index contributed by atoms with van der Waals surface area (Å²) in [6, 6.07) is 11.2. The van der Waals surface area contributed by atoms with Crippen molar-refractivity contribution in [1.82, 2.24) is 14.2 Å². The van der Waals surface area contributed by atoms with Crippen molar-refractivity contribution < 1.29 is 32.2 Å². The number of nitrogens with zero attached hydrogens (tertiary/aromatic N) is 3. The number of likely N-dealkylation sites (tertiary alicyclic amines) is 1. The second-order valence-corrected chi connectivity index (χ2v) is 14.9. The standard InChI is InChI=1S/C32H37Cl2N3O7S/c1-20-10-11-21-7-5-9-26(29(21)35-20)42-19-23-24(33)12-13-27(28(23)34)45(40,41)37-16-6-8-25(37)30(38)43-22-14-17-36(18-15-22)31(39)44-32(2,3)4/h5,7,9-13,22,25H,6,8,14-19H2,1-4H3/t25-/m0/s1. The SMILES string of the molecule is Cc1ccc2cccc(OCc3c(Cl)ccc(S(=O)(=O)N4CCC[C@H]4C(=O)OC4CCN(C(=O)OC(C)(C)C)CC4)c3Cl)c2n1. The van der Waals surface area contributed by atoms with Crippen LogP contribution in [0.4, 0.5) is 4.79 Å². The number of esters is 1. The van der Waals surface area contributed by atoms with Crippen molar-refractivity contribution in [3.05, 3.63) is 63.8 Å². The third kappa shape index (κ3) is 7.48. The number of amides is 1. The van der Waals surface area contributed by atoms with E-state index in [2.05, 4.69) is 4.98 Å². The van der Waals surface area contributed by atoms with Gasteiger partial charge in [0.15, 0.2) is 0 Å². The summed E-state index contributed by atoms with van der Waals surface area (Å²) in [5.41, 5.74) is 1.20. The van der Waals surface area contributed by atoms with Gasteiger partial charge in [0.2, 0.25) is 10.0 Å². The smallest absolute Gasteiger partial charge is 0.410 e. The lowest BCUT2D eigenvalue weighted by Crippen LogP contribution is -2.46. The molecule has 0 saturated carbocycles. The van der Waals surface area contributed by atoms with E-state index >= 15 is 0 Å². The average Bonchev–Trinajstić information content (AvgIpc) is 3.48. The van der Waals surface area contributed by atoms with Gasteiger partial charge in [-0.1, -0.05) is 41.4 Å². The second-order valence-electron chi connectivity index (χ2n) is 12.3. The zero-order valence-corrected chi connectivity index (χ0v) is 28.0. The van der Waals surface area contributed by atoms with Crippen molar-refractivity contribution in [3.8, 4) is 5.75 Å². The third-order valence-corrected chi connectivity index (χ3v) is 10.6. The Morgan fingerprint density at radius 3 is 2.44 bits per heavy atom. The van der Waals surface area contributed by atoms with Gasteiger partial charge in [0.05, 0.1) is 5.02 Å². The number of ether oxygens (including phenoxy) is 3. The first-order valence-corrected chi connectivity index (χ1v) is 17.1. The van der Waals surface area contributed by atoms with Crippen LogP contribution in [0.15, 0.2) is 47.4 Å². The molecule has 0 spiro atoms. The maximum absolute atomic E-state index is 13.9. The van der Waals surface area contributed by atoms with Crippen LogP contribution in [0.1, 0.15) is 57.7 Å². The number of aromatic nitrogens is 1. The molecular formula is C32H37Cl2N3O7S. The minimum atomic E-state index is -4.20. The molecule has 13 heteroatoms. The molecule has 242 valence electrons. The predicted octanol–water partition coefficient (Wildman–Crippen LogP) is 6.52. The fraction of sp³-hybridized carbons (Fsp3) is 0.469. The van der Waals surface area contributed by atoms with Crippen LogP contribution in [-0.2, 0) is 30.9 Å². The van der Waals surface area contributed by atoms with Crippen LogP contribution in [0.25, 0.3) is 10.9 Å². The molecule has 2 saturated heterocycles. The van der Waals surface area contributed by atoms with Crippen LogP contribution in [0.2, 0.25) is 10.0 Å². The van der Waals surface area contributed by atoms with Gasteiger partial charge in [0.25, 0.3) is 0 Å². The number of para-hydroxylation sites is 1. The normalized spacial score (nSPS) is 18.3. The molecule has 2 aliphatic rings. The van der Waals surface area contributed by atoms with Crippen molar-refractivity contribution in [2.75, 3.05) is 19.6 Å². The van der Waals surface area contributed by atoms with Crippen LogP contribution >= 0.6 is 23.2 Å². The molecule has 0 aliphatic carbocycles. The van der Waals surface area contributed by atoms with Gasteiger partial charge in [-0.3, -0.25) is 4.79 Å². The van der Waals surface area contributed by atoms with Crippen molar-refractivity contribution >= 4 is 56.2 Å². The Morgan fingerprint density at radius 2 is 1.73 bits per heavy atom. The summed E-state index contributed by atoms with van der Waals surface area (Å²) >= 11 is 13.2. The molecule has 0 unspecified atom stereocenters. The Bertz CT molecular complexity index is 1700. The highest BCUT2D eigenvalue weighted by Gasteiger charge is 2.42. The summed E-state index contributed by atoms with van der Waals surface area (Å²) in [5, 5.41) is 1.08. The predicted molar refractivity (Wildman–Crippen MR) is 171 cm³/mol. The molecule has 0 N–H and O–H groups in total. The van der Waals surface area contributed by atoms with Gasteiger partial charge in [0.1, 0.15) is 40.5 Å². The number of sulfonamides is 1. The zero-order chi connectivity index (χ0) is 32.5. The highest BCUT2D eigenvalue weighted by molar-refractivity contribution is 7.89. The first-order valence-electron chi connectivity index (χ1n) is 14.9. The molecule has 45 heavy (non-hydrogen) atoms. The molecule has 3 heterocycles. The molecule has 5 rings (SSSR count).